The Kier molecular flexibility index (Phi) is 6.39. The number of amides is 2. The number of nitrogens with one attached hydrogen (secondary N) is 1. The fourth-order valence-corrected chi connectivity index (χ4v) is 4.58. The van der Waals surface area contributed by atoms with E-state index >= 15 is 0 Å². The summed E-state index contributed by atoms with van der Waals surface area (Å²) in [6, 6.07) is 21.8. The Hall–Kier alpha value is -3.50. The highest BCUT2D eigenvalue weighted by atomic mass is 32.2. The largest absolute Gasteiger partial charge is 0.461 e. The predicted molar refractivity (Wildman–Crippen MR) is 120 cm³/mol. The van der Waals surface area contributed by atoms with Gasteiger partial charge < -0.3 is 14.6 Å². The van der Waals surface area contributed by atoms with E-state index in [0.717, 1.165) is 17.1 Å². The lowest BCUT2D eigenvalue weighted by molar-refractivity contribution is -0.136. The predicted octanol–water partition coefficient (Wildman–Crippen LogP) is 4.29. The molecule has 0 radical (unpaired) electrons. The molecule has 1 fully saturated rings. The van der Waals surface area contributed by atoms with Gasteiger partial charge in [0, 0.05) is 29.8 Å². The van der Waals surface area contributed by atoms with Crippen molar-refractivity contribution in [1.29, 1.82) is 5.26 Å². The Bertz CT molecular complexity index is 1100. The zero-order valence-electron chi connectivity index (χ0n) is 16.8. The van der Waals surface area contributed by atoms with Crippen LogP contribution < -0.4 is 5.32 Å². The molecule has 7 heteroatoms. The molecule has 1 atom stereocenters. The summed E-state index contributed by atoms with van der Waals surface area (Å²) in [6.45, 7) is 0. The highest BCUT2D eigenvalue weighted by Gasteiger charge is 2.34. The third kappa shape index (κ3) is 4.98. The smallest absolute Gasteiger partial charge is 0.248 e. The van der Waals surface area contributed by atoms with Crippen LogP contribution in [0, 0.1) is 11.3 Å². The first-order chi connectivity index (χ1) is 15.1. The van der Waals surface area contributed by atoms with Crippen LogP contribution in [-0.4, -0.2) is 34.4 Å². The van der Waals surface area contributed by atoms with E-state index in [-0.39, 0.29) is 18.2 Å². The molecule has 0 saturated carbocycles. The van der Waals surface area contributed by atoms with Gasteiger partial charge in [-0.3, -0.25) is 9.59 Å². The molecular formula is C24H21N3O3S. The van der Waals surface area contributed by atoms with Gasteiger partial charge in [-0.15, -0.1) is 11.8 Å². The summed E-state index contributed by atoms with van der Waals surface area (Å²) in [4.78, 5) is 27.1. The lowest BCUT2D eigenvalue weighted by atomic mass is 10.2. The van der Waals surface area contributed by atoms with Crippen LogP contribution in [0.4, 0.5) is 5.69 Å². The number of carbonyl (C=O) groups excluding carboxylic acids is 2. The number of aryl methyl sites for hydroxylation is 1. The first-order valence-corrected chi connectivity index (χ1v) is 11.1. The molecule has 6 nitrogen and oxygen atoms in total. The molecule has 1 N–H and O–H groups in total. The SMILES string of the molecule is N#Cc1ccc(NC(=O)C2CSCN2C(=O)CCc2ccc(-c3ccccc3)o2)cc1. The van der Waals surface area contributed by atoms with Crippen molar-refractivity contribution in [3.05, 3.63) is 78.1 Å². The number of anilines is 1. The molecular weight excluding hydrogens is 410 g/mol. The molecule has 4 rings (SSSR count). The number of carbonyl (C=O) groups is 2. The summed E-state index contributed by atoms with van der Waals surface area (Å²) < 4.78 is 5.88. The van der Waals surface area contributed by atoms with Crippen molar-refractivity contribution in [1.82, 2.24) is 4.90 Å². The first-order valence-electron chi connectivity index (χ1n) is 9.96. The summed E-state index contributed by atoms with van der Waals surface area (Å²) in [5.74, 6) is 2.30. The number of rotatable bonds is 6. The molecule has 3 aromatic rings. The second kappa shape index (κ2) is 9.54. The highest BCUT2D eigenvalue weighted by molar-refractivity contribution is 7.99. The van der Waals surface area contributed by atoms with Crippen molar-refractivity contribution in [3.63, 3.8) is 0 Å². The van der Waals surface area contributed by atoms with Crippen LogP contribution in [0.3, 0.4) is 0 Å². The lowest BCUT2D eigenvalue weighted by Gasteiger charge is -2.23. The topological polar surface area (TPSA) is 86.3 Å². The molecule has 2 heterocycles. The molecule has 1 aromatic heterocycles. The van der Waals surface area contributed by atoms with Gasteiger partial charge >= 0.3 is 0 Å². The Morgan fingerprint density at radius 3 is 2.61 bits per heavy atom. The number of nitrogens with zero attached hydrogens (tertiary/aromatic N) is 2. The second-order valence-corrected chi connectivity index (χ2v) is 8.19. The molecule has 2 amide bonds. The number of nitriles is 1. The van der Waals surface area contributed by atoms with Crippen molar-refractivity contribution in [3.8, 4) is 17.4 Å². The van der Waals surface area contributed by atoms with Crippen LogP contribution in [0.5, 0.6) is 0 Å². The number of benzene rings is 2. The van der Waals surface area contributed by atoms with Gasteiger partial charge in [0.25, 0.3) is 0 Å². The van der Waals surface area contributed by atoms with E-state index in [1.165, 1.54) is 0 Å². The van der Waals surface area contributed by atoms with E-state index < -0.39 is 6.04 Å². The van der Waals surface area contributed by atoms with Crippen LogP contribution in [0.15, 0.2) is 71.1 Å². The Balaban J connectivity index is 1.34. The number of thioether (sulfide) groups is 1. The summed E-state index contributed by atoms with van der Waals surface area (Å²) in [5.41, 5.74) is 2.13. The van der Waals surface area contributed by atoms with Gasteiger partial charge in [-0.25, -0.2) is 0 Å². The van der Waals surface area contributed by atoms with E-state index in [1.54, 1.807) is 40.9 Å². The average molecular weight is 432 g/mol. The third-order valence-electron chi connectivity index (χ3n) is 5.09. The van der Waals surface area contributed by atoms with Crippen molar-refractivity contribution >= 4 is 29.3 Å². The molecule has 1 saturated heterocycles. The van der Waals surface area contributed by atoms with Crippen molar-refractivity contribution < 1.29 is 14.0 Å². The Morgan fingerprint density at radius 1 is 1.10 bits per heavy atom. The molecule has 31 heavy (non-hydrogen) atoms. The van der Waals surface area contributed by atoms with Gasteiger partial charge in [0.05, 0.1) is 17.5 Å². The van der Waals surface area contributed by atoms with Crippen molar-refractivity contribution in [2.45, 2.75) is 18.9 Å². The van der Waals surface area contributed by atoms with Gasteiger partial charge in [0.15, 0.2) is 0 Å². The van der Waals surface area contributed by atoms with Crippen LogP contribution in [0.25, 0.3) is 11.3 Å². The maximum Gasteiger partial charge on any atom is 0.248 e. The maximum atomic E-state index is 12.8. The van der Waals surface area contributed by atoms with Crippen LogP contribution >= 0.6 is 11.8 Å². The Morgan fingerprint density at radius 2 is 1.87 bits per heavy atom. The minimum Gasteiger partial charge on any atom is -0.461 e. The quantitative estimate of drug-likeness (QED) is 0.629. The van der Waals surface area contributed by atoms with Crippen LogP contribution in [0.2, 0.25) is 0 Å². The number of furan rings is 1. The van der Waals surface area contributed by atoms with Crippen LogP contribution in [-0.2, 0) is 16.0 Å². The fourth-order valence-electron chi connectivity index (χ4n) is 3.40. The molecule has 2 aromatic carbocycles. The van der Waals surface area contributed by atoms with E-state index in [1.807, 2.05) is 48.5 Å². The summed E-state index contributed by atoms with van der Waals surface area (Å²) in [6.07, 6.45) is 0.764. The fraction of sp³-hybridized carbons (Fsp3) is 0.208. The van der Waals surface area contributed by atoms with E-state index in [4.69, 9.17) is 9.68 Å². The van der Waals surface area contributed by atoms with Gasteiger partial charge in [-0.2, -0.15) is 5.26 Å². The van der Waals surface area contributed by atoms with Gasteiger partial charge in [0.2, 0.25) is 11.8 Å². The first kappa shape index (κ1) is 20.8. The molecule has 156 valence electrons. The van der Waals surface area contributed by atoms with E-state index in [0.29, 0.717) is 29.3 Å². The van der Waals surface area contributed by atoms with Crippen LogP contribution in [0.1, 0.15) is 17.7 Å². The summed E-state index contributed by atoms with van der Waals surface area (Å²) >= 11 is 1.56. The van der Waals surface area contributed by atoms with Crippen molar-refractivity contribution in [2.75, 3.05) is 16.9 Å². The molecule has 1 aliphatic rings. The maximum absolute atomic E-state index is 12.8. The third-order valence-corrected chi connectivity index (χ3v) is 6.10. The number of hydrogen-bond acceptors (Lipinski definition) is 5. The zero-order valence-corrected chi connectivity index (χ0v) is 17.6. The average Bonchev–Trinajstić information content (AvgIpc) is 3.49. The Labute approximate surface area is 184 Å². The molecule has 0 spiro atoms. The number of hydrogen-bond donors (Lipinski definition) is 1. The summed E-state index contributed by atoms with van der Waals surface area (Å²) in [7, 11) is 0. The van der Waals surface area contributed by atoms with Crippen molar-refractivity contribution in [2.24, 2.45) is 0 Å². The van der Waals surface area contributed by atoms with Gasteiger partial charge in [-0.05, 0) is 36.4 Å². The standard InChI is InChI=1S/C24H21N3O3S/c25-14-17-6-8-19(9-7-17)26-24(29)21-15-31-16-27(21)23(28)13-11-20-10-12-22(30-20)18-4-2-1-3-5-18/h1-10,12,21H,11,13,15-16H2,(H,26,29). The molecule has 0 aliphatic carbocycles. The van der Waals surface area contributed by atoms with Gasteiger partial charge in [-0.1, -0.05) is 30.3 Å². The highest BCUT2D eigenvalue weighted by Crippen LogP contribution is 2.25. The minimum absolute atomic E-state index is 0.0670. The van der Waals surface area contributed by atoms with E-state index in [2.05, 4.69) is 5.32 Å². The molecule has 1 aliphatic heterocycles. The molecule has 0 bridgehead atoms. The normalized spacial score (nSPS) is 15.5. The van der Waals surface area contributed by atoms with Gasteiger partial charge in [0.1, 0.15) is 17.6 Å². The minimum atomic E-state index is -0.510. The van der Waals surface area contributed by atoms with E-state index in [9.17, 15) is 9.59 Å². The monoisotopic (exact) mass is 431 g/mol. The second-order valence-electron chi connectivity index (χ2n) is 7.19. The molecule has 1 unspecified atom stereocenters. The lowest BCUT2D eigenvalue weighted by Crippen LogP contribution is -2.44. The summed E-state index contributed by atoms with van der Waals surface area (Å²) in [5, 5.41) is 11.7. The zero-order chi connectivity index (χ0) is 21.6.